The lowest BCUT2D eigenvalue weighted by atomic mass is 10.0. The van der Waals surface area contributed by atoms with Gasteiger partial charge >= 0.3 is 5.97 Å². The van der Waals surface area contributed by atoms with Gasteiger partial charge in [0, 0.05) is 10.6 Å². The number of halogens is 1. The van der Waals surface area contributed by atoms with E-state index < -0.39 is 17.9 Å². The molecule has 0 saturated heterocycles. The SMILES string of the molecule is Cc1nc(-c2ccc(Cl)cc2)sc1C(=O)NC(CC(C)C)C(=O)O. The van der Waals surface area contributed by atoms with Crippen LogP contribution in [0.25, 0.3) is 10.6 Å². The third-order valence-corrected chi connectivity index (χ3v) is 4.86. The Bertz CT molecular complexity index is 741. The normalized spacial score (nSPS) is 12.2. The smallest absolute Gasteiger partial charge is 0.326 e. The molecule has 7 heteroatoms. The van der Waals surface area contributed by atoms with Crippen LogP contribution in [0.5, 0.6) is 0 Å². The molecule has 0 radical (unpaired) electrons. The second kappa shape index (κ2) is 7.77. The van der Waals surface area contributed by atoms with E-state index in [0.717, 1.165) is 5.56 Å². The van der Waals surface area contributed by atoms with Gasteiger partial charge in [0.25, 0.3) is 5.91 Å². The lowest BCUT2D eigenvalue weighted by Gasteiger charge is -2.15. The van der Waals surface area contributed by atoms with E-state index in [1.165, 1.54) is 11.3 Å². The summed E-state index contributed by atoms with van der Waals surface area (Å²) in [4.78, 5) is 28.6. The van der Waals surface area contributed by atoms with Gasteiger partial charge in [-0.15, -0.1) is 11.3 Å². The van der Waals surface area contributed by atoms with Gasteiger partial charge in [0.15, 0.2) is 0 Å². The molecule has 0 saturated carbocycles. The maximum Gasteiger partial charge on any atom is 0.326 e. The summed E-state index contributed by atoms with van der Waals surface area (Å²) in [5.74, 6) is -1.27. The van der Waals surface area contributed by atoms with Crippen molar-refractivity contribution in [1.82, 2.24) is 10.3 Å². The summed E-state index contributed by atoms with van der Waals surface area (Å²) in [6, 6.07) is 6.28. The Kier molecular flexibility index (Phi) is 5.96. The van der Waals surface area contributed by atoms with Gasteiger partial charge < -0.3 is 10.4 Å². The average Bonchev–Trinajstić information content (AvgIpc) is 2.88. The van der Waals surface area contributed by atoms with Crippen LogP contribution in [0.3, 0.4) is 0 Å². The summed E-state index contributed by atoms with van der Waals surface area (Å²) >= 11 is 7.12. The van der Waals surface area contributed by atoms with Gasteiger partial charge in [-0.25, -0.2) is 9.78 Å². The monoisotopic (exact) mass is 366 g/mol. The molecule has 0 aliphatic carbocycles. The molecule has 1 amide bonds. The molecule has 1 aromatic heterocycles. The van der Waals surface area contributed by atoms with Crippen molar-refractivity contribution in [2.24, 2.45) is 5.92 Å². The number of aromatic nitrogens is 1. The molecular weight excluding hydrogens is 348 g/mol. The highest BCUT2D eigenvalue weighted by molar-refractivity contribution is 7.17. The molecule has 2 rings (SSSR count). The zero-order valence-electron chi connectivity index (χ0n) is 13.7. The van der Waals surface area contributed by atoms with Crippen molar-refractivity contribution in [2.75, 3.05) is 0 Å². The highest BCUT2D eigenvalue weighted by Gasteiger charge is 2.24. The van der Waals surface area contributed by atoms with Crippen LogP contribution in [0.4, 0.5) is 0 Å². The van der Waals surface area contributed by atoms with E-state index in [-0.39, 0.29) is 5.92 Å². The number of aliphatic carboxylic acids is 1. The quantitative estimate of drug-likeness (QED) is 0.809. The minimum atomic E-state index is -1.03. The van der Waals surface area contributed by atoms with Gasteiger partial charge in [-0.1, -0.05) is 37.6 Å². The van der Waals surface area contributed by atoms with Crippen molar-refractivity contribution in [3.63, 3.8) is 0 Å². The molecule has 2 aromatic rings. The molecule has 0 spiro atoms. The minimum Gasteiger partial charge on any atom is -0.480 e. The molecule has 24 heavy (non-hydrogen) atoms. The van der Waals surface area contributed by atoms with E-state index in [4.69, 9.17) is 11.6 Å². The molecule has 5 nitrogen and oxygen atoms in total. The number of hydrogen-bond donors (Lipinski definition) is 2. The summed E-state index contributed by atoms with van der Waals surface area (Å²) in [5.41, 5.74) is 1.44. The van der Waals surface area contributed by atoms with Crippen molar-refractivity contribution >= 4 is 34.8 Å². The first-order chi connectivity index (χ1) is 11.3. The first-order valence-electron chi connectivity index (χ1n) is 7.55. The lowest BCUT2D eigenvalue weighted by molar-refractivity contribution is -0.139. The van der Waals surface area contributed by atoms with E-state index in [1.807, 2.05) is 26.0 Å². The second-order valence-electron chi connectivity index (χ2n) is 5.93. The lowest BCUT2D eigenvalue weighted by Crippen LogP contribution is -2.41. The molecule has 0 fully saturated rings. The first kappa shape index (κ1) is 18.4. The van der Waals surface area contributed by atoms with E-state index in [9.17, 15) is 14.7 Å². The Morgan fingerprint density at radius 1 is 1.29 bits per heavy atom. The van der Waals surface area contributed by atoms with E-state index >= 15 is 0 Å². The van der Waals surface area contributed by atoms with Crippen LogP contribution in [0.2, 0.25) is 5.02 Å². The number of nitrogens with one attached hydrogen (secondary N) is 1. The Balaban J connectivity index is 2.21. The van der Waals surface area contributed by atoms with E-state index in [2.05, 4.69) is 10.3 Å². The standard InChI is InChI=1S/C17H19ClN2O3S/c1-9(2)8-13(17(22)23)20-15(21)14-10(3)19-16(24-14)11-4-6-12(18)7-5-11/h4-7,9,13H,8H2,1-3H3,(H,20,21)(H,22,23). The fourth-order valence-corrected chi connectivity index (χ4v) is 3.34. The second-order valence-corrected chi connectivity index (χ2v) is 7.37. The fraction of sp³-hybridized carbons (Fsp3) is 0.353. The number of carbonyl (C=O) groups excluding carboxylic acids is 1. The molecule has 1 atom stereocenters. The summed E-state index contributed by atoms with van der Waals surface area (Å²) < 4.78 is 0. The average molecular weight is 367 g/mol. The number of carbonyl (C=O) groups is 2. The summed E-state index contributed by atoms with van der Waals surface area (Å²) in [5, 5.41) is 13.2. The van der Waals surface area contributed by atoms with Gasteiger partial charge in [0.2, 0.25) is 0 Å². The minimum absolute atomic E-state index is 0.165. The molecular formula is C17H19ClN2O3S. The van der Waals surface area contributed by atoms with Crippen LogP contribution in [0.15, 0.2) is 24.3 Å². The zero-order valence-corrected chi connectivity index (χ0v) is 15.2. The molecule has 0 aliphatic rings. The fourth-order valence-electron chi connectivity index (χ4n) is 2.24. The summed E-state index contributed by atoms with van der Waals surface area (Å²) in [7, 11) is 0. The third kappa shape index (κ3) is 4.55. The van der Waals surface area contributed by atoms with E-state index in [1.54, 1.807) is 19.1 Å². The van der Waals surface area contributed by atoms with Crippen LogP contribution in [0.1, 0.15) is 35.6 Å². The number of rotatable bonds is 6. The van der Waals surface area contributed by atoms with Crippen LogP contribution in [-0.2, 0) is 4.79 Å². The molecule has 2 N–H and O–H groups in total. The van der Waals surface area contributed by atoms with E-state index in [0.29, 0.717) is 27.0 Å². The number of hydrogen-bond acceptors (Lipinski definition) is 4. The van der Waals surface area contributed by atoms with Crippen LogP contribution in [-0.4, -0.2) is 28.0 Å². The maximum atomic E-state index is 12.4. The predicted octanol–water partition coefficient (Wildman–Crippen LogP) is 4.00. The zero-order chi connectivity index (χ0) is 17.9. The van der Waals surface area contributed by atoms with Gasteiger partial charge in [-0.05, 0) is 31.4 Å². The highest BCUT2D eigenvalue weighted by Crippen LogP contribution is 2.29. The summed E-state index contributed by atoms with van der Waals surface area (Å²) in [6.07, 6.45) is 0.378. The molecule has 0 aliphatic heterocycles. The van der Waals surface area contributed by atoms with Crippen molar-refractivity contribution in [3.8, 4) is 10.6 Å². The van der Waals surface area contributed by atoms with Gasteiger partial charge in [-0.2, -0.15) is 0 Å². The number of carboxylic acid groups (broad SMARTS) is 1. The van der Waals surface area contributed by atoms with Crippen molar-refractivity contribution < 1.29 is 14.7 Å². The maximum absolute atomic E-state index is 12.4. The van der Waals surface area contributed by atoms with Crippen LogP contribution < -0.4 is 5.32 Å². The number of aryl methyl sites for hydroxylation is 1. The molecule has 0 bridgehead atoms. The summed E-state index contributed by atoms with van der Waals surface area (Å²) in [6.45, 7) is 5.57. The van der Waals surface area contributed by atoms with Crippen molar-refractivity contribution in [2.45, 2.75) is 33.2 Å². The Morgan fingerprint density at radius 3 is 2.46 bits per heavy atom. The highest BCUT2D eigenvalue weighted by atomic mass is 35.5. The van der Waals surface area contributed by atoms with Gasteiger partial charge in [-0.3, -0.25) is 4.79 Å². The molecule has 1 heterocycles. The molecule has 1 aromatic carbocycles. The largest absolute Gasteiger partial charge is 0.480 e. The van der Waals surface area contributed by atoms with Crippen LogP contribution in [0, 0.1) is 12.8 Å². The Labute approximate surface area is 149 Å². The van der Waals surface area contributed by atoms with Crippen molar-refractivity contribution in [3.05, 3.63) is 39.9 Å². The first-order valence-corrected chi connectivity index (χ1v) is 8.74. The van der Waals surface area contributed by atoms with Crippen LogP contribution >= 0.6 is 22.9 Å². The Hall–Kier alpha value is -1.92. The van der Waals surface area contributed by atoms with Gasteiger partial charge in [0.05, 0.1) is 5.69 Å². The number of carboxylic acids is 1. The van der Waals surface area contributed by atoms with Gasteiger partial charge in [0.1, 0.15) is 15.9 Å². The molecule has 128 valence electrons. The predicted molar refractivity (Wildman–Crippen MR) is 95.6 cm³/mol. The number of nitrogens with zero attached hydrogens (tertiary/aromatic N) is 1. The topological polar surface area (TPSA) is 79.3 Å². The molecule has 1 unspecified atom stereocenters. The Morgan fingerprint density at radius 2 is 1.92 bits per heavy atom. The number of benzene rings is 1. The number of thiazole rings is 1. The van der Waals surface area contributed by atoms with Crippen molar-refractivity contribution in [1.29, 1.82) is 0 Å². The third-order valence-electron chi connectivity index (χ3n) is 3.40. The number of amides is 1.